The number of thioether (sulfide) groups is 1. The maximum Gasteiger partial charge on any atom is 0.255 e. The fourth-order valence-electron chi connectivity index (χ4n) is 3.95. The normalized spacial score (nSPS) is 25.1. The van der Waals surface area contributed by atoms with E-state index in [9.17, 15) is 4.79 Å². The lowest BCUT2D eigenvalue weighted by molar-refractivity contribution is 0.102. The van der Waals surface area contributed by atoms with E-state index in [2.05, 4.69) is 17.4 Å². The van der Waals surface area contributed by atoms with Crippen molar-refractivity contribution in [3.05, 3.63) is 65.7 Å². The molecule has 5 heteroatoms. The summed E-state index contributed by atoms with van der Waals surface area (Å²) in [5, 5.41) is 3.68. The van der Waals surface area contributed by atoms with Gasteiger partial charge in [-0.2, -0.15) is 0 Å². The van der Waals surface area contributed by atoms with Gasteiger partial charge in [0.1, 0.15) is 0 Å². The smallest absolute Gasteiger partial charge is 0.255 e. The van der Waals surface area contributed by atoms with E-state index in [-0.39, 0.29) is 11.4 Å². The highest BCUT2D eigenvalue weighted by Crippen LogP contribution is 2.50. The fraction of sp³-hybridized carbons (Fsp3) is 0.300. The first kappa shape index (κ1) is 16.2. The fourth-order valence-corrected chi connectivity index (χ4v) is 4.99. The molecule has 25 heavy (non-hydrogen) atoms. The third-order valence-corrected chi connectivity index (χ3v) is 6.14. The number of hydrogen-bond donors (Lipinski definition) is 2. The van der Waals surface area contributed by atoms with Gasteiger partial charge in [0.2, 0.25) is 0 Å². The van der Waals surface area contributed by atoms with Crippen molar-refractivity contribution in [3.63, 3.8) is 0 Å². The Kier molecular flexibility index (Phi) is 4.25. The molecule has 2 aromatic rings. The van der Waals surface area contributed by atoms with Gasteiger partial charge in [0.15, 0.2) is 5.17 Å². The van der Waals surface area contributed by atoms with E-state index in [4.69, 9.17) is 10.7 Å². The topological polar surface area (TPSA) is 67.5 Å². The van der Waals surface area contributed by atoms with Gasteiger partial charge in [-0.15, -0.1) is 0 Å². The molecule has 0 bridgehead atoms. The summed E-state index contributed by atoms with van der Waals surface area (Å²) in [6.07, 6.45) is 3.38. The van der Waals surface area contributed by atoms with Crippen molar-refractivity contribution >= 4 is 28.5 Å². The number of carbonyl (C=O) groups excluding carboxylic acids is 1. The zero-order valence-corrected chi connectivity index (χ0v) is 14.8. The zero-order valence-electron chi connectivity index (χ0n) is 13.9. The van der Waals surface area contributed by atoms with Gasteiger partial charge in [0.25, 0.3) is 5.91 Å². The number of fused-ring (bicyclic) bond motifs is 1. The Hall–Kier alpha value is -2.27. The number of rotatable bonds is 3. The molecule has 2 atom stereocenters. The van der Waals surface area contributed by atoms with Crippen molar-refractivity contribution < 1.29 is 4.79 Å². The first-order chi connectivity index (χ1) is 12.2. The number of benzene rings is 2. The Bertz CT molecular complexity index is 821. The monoisotopic (exact) mass is 351 g/mol. The Morgan fingerprint density at radius 2 is 2.04 bits per heavy atom. The maximum absolute atomic E-state index is 12.4. The number of hydrogen-bond acceptors (Lipinski definition) is 4. The van der Waals surface area contributed by atoms with Crippen LogP contribution in [0.1, 0.15) is 35.2 Å². The van der Waals surface area contributed by atoms with Crippen LogP contribution in [0.5, 0.6) is 0 Å². The molecule has 4 rings (SSSR count). The Morgan fingerprint density at radius 1 is 1.20 bits per heavy atom. The molecule has 0 saturated heterocycles. The van der Waals surface area contributed by atoms with E-state index in [1.165, 1.54) is 12.8 Å². The van der Waals surface area contributed by atoms with Gasteiger partial charge in [0.05, 0.1) is 5.54 Å². The molecule has 0 spiro atoms. The summed E-state index contributed by atoms with van der Waals surface area (Å²) < 4.78 is 0. The third-order valence-electron chi connectivity index (χ3n) is 5.18. The molecule has 1 heterocycles. The Balaban J connectivity index is 1.64. The van der Waals surface area contributed by atoms with Crippen molar-refractivity contribution in [1.29, 1.82) is 0 Å². The van der Waals surface area contributed by atoms with Crippen LogP contribution in [0.25, 0.3) is 0 Å². The van der Waals surface area contributed by atoms with Crippen LogP contribution < -0.4 is 11.1 Å². The molecule has 1 aliphatic heterocycles. The number of nitrogens with zero attached hydrogens (tertiary/aromatic N) is 1. The van der Waals surface area contributed by atoms with Crippen LogP contribution in [0.15, 0.2) is 59.6 Å². The molecule has 0 aromatic heterocycles. The predicted octanol–water partition coefficient (Wildman–Crippen LogP) is 4.00. The van der Waals surface area contributed by atoms with Crippen molar-refractivity contribution in [2.45, 2.75) is 24.8 Å². The number of carbonyl (C=O) groups is 1. The average molecular weight is 351 g/mol. The number of nitrogens with one attached hydrogen (secondary N) is 1. The van der Waals surface area contributed by atoms with E-state index >= 15 is 0 Å². The summed E-state index contributed by atoms with van der Waals surface area (Å²) in [6.45, 7) is 0. The first-order valence-corrected chi connectivity index (χ1v) is 9.61. The van der Waals surface area contributed by atoms with Gasteiger partial charge in [-0.05, 0) is 48.6 Å². The van der Waals surface area contributed by atoms with E-state index in [1.54, 1.807) is 11.8 Å². The van der Waals surface area contributed by atoms with E-state index < -0.39 is 0 Å². The predicted molar refractivity (Wildman–Crippen MR) is 104 cm³/mol. The molecule has 0 unspecified atom stereocenters. The molecule has 1 amide bonds. The second-order valence-electron chi connectivity index (χ2n) is 6.68. The van der Waals surface area contributed by atoms with Gasteiger partial charge < -0.3 is 11.1 Å². The lowest BCUT2D eigenvalue weighted by atomic mass is 9.81. The molecule has 1 saturated carbocycles. The van der Waals surface area contributed by atoms with Crippen LogP contribution in [0, 0.1) is 5.92 Å². The molecule has 1 fully saturated rings. The first-order valence-electron chi connectivity index (χ1n) is 8.62. The minimum atomic E-state index is -0.219. The SMILES string of the molecule is NC1=N[C@@]2(c3cccc(NC(=O)c4ccccc4)c3)CCC[C@H]2CS1. The summed E-state index contributed by atoms with van der Waals surface area (Å²) in [7, 11) is 0. The molecule has 4 nitrogen and oxygen atoms in total. The summed E-state index contributed by atoms with van der Waals surface area (Å²) in [6, 6.07) is 17.4. The largest absolute Gasteiger partial charge is 0.379 e. The van der Waals surface area contributed by atoms with Crippen LogP contribution >= 0.6 is 11.8 Å². The Labute approximate surface area is 151 Å². The van der Waals surface area contributed by atoms with E-state index in [1.807, 2.05) is 42.5 Å². The molecule has 2 aliphatic rings. The van der Waals surface area contributed by atoms with Crippen molar-refractivity contribution in [1.82, 2.24) is 0 Å². The second kappa shape index (κ2) is 6.56. The molecule has 2 aromatic carbocycles. The number of amidine groups is 1. The van der Waals surface area contributed by atoms with Crippen LogP contribution in [0.3, 0.4) is 0 Å². The number of anilines is 1. The van der Waals surface area contributed by atoms with Crippen molar-refractivity contribution in [3.8, 4) is 0 Å². The minimum absolute atomic E-state index is 0.0968. The molecule has 3 N–H and O–H groups in total. The lowest BCUT2D eigenvalue weighted by Gasteiger charge is -2.36. The molecular weight excluding hydrogens is 330 g/mol. The standard InChI is InChI=1S/C20H21N3OS/c21-19-23-20(11-5-9-16(20)13-25-19)15-8-4-10-17(12-15)22-18(24)14-6-2-1-3-7-14/h1-4,6-8,10,12,16H,5,9,11,13H2,(H2,21,23)(H,22,24)/t16-,20+/m0/s1. The number of aliphatic imine (C=N–C) groups is 1. The second-order valence-corrected chi connectivity index (χ2v) is 7.72. The minimum Gasteiger partial charge on any atom is -0.379 e. The molecule has 0 radical (unpaired) electrons. The Morgan fingerprint density at radius 3 is 2.88 bits per heavy atom. The number of amides is 1. The van der Waals surface area contributed by atoms with Crippen LogP contribution in [-0.4, -0.2) is 16.8 Å². The third kappa shape index (κ3) is 3.04. The lowest BCUT2D eigenvalue weighted by Crippen LogP contribution is -2.36. The van der Waals surface area contributed by atoms with E-state index in [0.29, 0.717) is 16.6 Å². The zero-order chi connectivity index (χ0) is 17.3. The maximum atomic E-state index is 12.4. The summed E-state index contributed by atoms with van der Waals surface area (Å²) in [4.78, 5) is 17.3. The van der Waals surface area contributed by atoms with Crippen molar-refractivity contribution in [2.24, 2.45) is 16.6 Å². The van der Waals surface area contributed by atoms with Gasteiger partial charge in [0, 0.05) is 17.0 Å². The molecule has 128 valence electrons. The highest BCUT2D eigenvalue weighted by Gasteiger charge is 2.46. The molecular formula is C20H21N3OS. The summed E-state index contributed by atoms with van der Waals surface area (Å²) in [5.41, 5.74) is 8.45. The quantitative estimate of drug-likeness (QED) is 0.878. The summed E-state index contributed by atoms with van der Waals surface area (Å²) >= 11 is 1.66. The summed E-state index contributed by atoms with van der Waals surface area (Å²) in [5.74, 6) is 1.45. The van der Waals surface area contributed by atoms with Crippen LogP contribution in [0.4, 0.5) is 5.69 Å². The van der Waals surface area contributed by atoms with Gasteiger partial charge in [-0.1, -0.05) is 48.5 Å². The molecule has 1 aliphatic carbocycles. The van der Waals surface area contributed by atoms with Gasteiger partial charge >= 0.3 is 0 Å². The highest BCUT2D eigenvalue weighted by molar-refractivity contribution is 8.13. The highest BCUT2D eigenvalue weighted by atomic mass is 32.2. The number of nitrogens with two attached hydrogens (primary N) is 1. The van der Waals surface area contributed by atoms with Crippen molar-refractivity contribution in [2.75, 3.05) is 11.1 Å². The van der Waals surface area contributed by atoms with Crippen LogP contribution in [0.2, 0.25) is 0 Å². The van der Waals surface area contributed by atoms with Gasteiger partial charge in [-0.25, -0.2) is 0 Å². The van der Waals surface area contributed by atoms with Gasteiger partial charge in [-0.3, -0.25) is 9.79 Å². The average Bonchev–Trinajstić information content (AvgIpc) is 3.07. The van der Waals surface area contributed by atoms with Crippen LogP contribution in [-0.2, 0) is 5.54 Å². The van der Waals surface area contributed by atoms with E-state index in [0.717, 1.165) is 23.4 Å².